The highest BCUT2D eigenvalue weighted by Crippen LogP contribution is 2.16. The molecule has 1 amide bonds. The van der Waals surface area contributed by atoms with Gasteiger partial charge in [0.1, 0.15) is 0 Å². The minimum Gasteiger partial charge on any atom is -0.399 e. The molecule has 1 atom stereocenters. The van der Waals surface area contributed by atoms with Crippen LogP contribution in [-0.2, 0) is 7.05 Å². The van der Waals surface area contributed by atoms with E-state index in [9.17, 15) is 4.79 Å². The Balaban J connectivity index is 2.10. The molecule has 100 valence electrons. The lowest BCUT2D eigenvalue weighted by molar-refractivity contribution is 0.0940. The van der Waals surface area contributed by atoms with Crippen molar-refractivity contribution in [1.29, 1.82) is 0 Å². The van der Waals surface area contributed by atoms with Crippen LogP contribution in [-0.4, -0.2) is 15.7 Å². The molecule has 0 aliphatic carbocycles. The first-order chi connectivity index (χ1) is 8.99. The van der Waals surface area contributed by atoms with Gasteiger partial charge in [0.2, 0.25) is 0 Å². The van der Waals surface area contributed by atoms with Gasteiger partial charge in [0.15, 0.2) is 0 Å². The van der Waals surface area contributed by atoms with Crippen molar-refractivity contribution in [2.45, 2.75) is 19.9 Å². The van der Waals surface area contributed by atoms with E-state index in [0.717, 1.165) is 11.3 Å². The van der Waals surface area contributed by atoms with Crippen molar-refractivity contribution in [2.24, 2.45) is 7.05 Å². The van der Waals surface area contributed by atoms with Crippen LogP contribution >= 0.6 is 0 Å². The lowest BCUT2D eigenvalue weighted by Crippen LogP contribution is -2.26. The predicted molar refractivity (Wildman–Crippen MR) is 74.7 cm³/mol. The molecular weight excluding hydrogens is 240 g/mol. The van der Waals surface area contributed by atoms with Crippen LogP contribution in [0.2, 0.25) is 0 Å². The molecule has 0 aliphatic heterocycles. The summed E-state index contributed by atoms with van der Waals surface area (Å²) in [4.78, 5) is 12.1. The molecule has 2 rings (SSSR count). The number of aryl methyl sites for hydroxylation is 1. The number of hydrogen-bond donors (Lipinski definition) is 2. The third kappa shape index (κ3) is 2.76. The van der Waals surface area contributed by atoms with E-state index < -0.39 is 0 Å². The number of hydrogen-bond acceptors (Lipinski definition) is 3. The first-order valence-electron chi connectivity index (χ1n) is 6.14. The standard InChI is InChI=1S/C14H18N4O/c1-9(13-8-16-18(3)10(13)2)17-14(19)11-4-6-12(15)7-5-11/h4-9H,15H2,1-3H3,(H,17,19). The summed E-state index contributed by atoms with van der Waals surface area (Å²) in [5.74, 6) is -0.115. The zero-order chi connectivity index (χ0) is 14.0. The van der Waals surface area contributed by atoms with Crippen molar-refractivity contribution in [3.8, 4) is 0 Å². The minimum absolute atomic E-state index is 0.0845. The van der Waals surface area contributed by atoms with Gasteiger partial charge in [-0.05, 0) is 38.1 Å². The van der Waals surface area contributed by atoms with Crippen molar-refractivity contribution in [2.75, 3.05) is 5.73 Å². The molecule has 1 aromatic carbocycles. The zero-order valence-electron chi connectivity index (χ0n) is 11.3. The number of aromatic nitrogens is 2. The first kappa shape index (κ1) is 13.1. The number of carbonyl (C=O) groups is 1. The van der Waals surface area contributed by atoms with E-state index in [4.69, 9.17) is 5.73 Å². The fourth-order valence-electron chi connectivity index (χ4n) is 1.93. The molecule has 1 unspecified atom stereocenters. The Bertz CT molecular complexity index is 586. The number of anilines is 1. The van der Waals surface area contributed by atoms with Crippen molar-refractivity contribution < 1.29 is 4.79 Å². The maximum atomic E-state index is 12.1. The predicted octanol–water partition coefficient (Wildman–Crippen LogP) is 1.80. The quantitative estimate of drug-likeness (QED) is 0.824. The Morgan fingerprint density at radius 3 is 2.53 bits per heavy atom. The van der Waals surface area contributed by atoms with Gasteiger partial charge in [-0.3, -0.25) is 9.48 Å². The molecule has 0 spiro atoms. The van der Waals surface area contributed by atoms with Crippen LogP contribution in [0, 0.1) is 6.92 Å². The summed E-state index contributed by atoms with van der Waals surface area (Å²) in [6.45, 7) is 3.92. The summed E-state index contributed by atoms with van der Waals surface area (Å²) in [5, 5.41) is 7.13. The Morgan fingerprint density at radius 1 is 1.37 bits per heavy atom. The Hall–Kier alpha value is -2.30. The highest BCUT2D eigenvalue weighted by atomic mass is 16.1. The fraction of sp³-hybridized carbons (Fsp3) is 0.286. The summed E-state index contributed by atoms with van der Waals surface area (Å²) in [7, 11) is 1.88. The molecule has 0 radical (unpaired) electrons. The largest absolute Gasteiger partial charge is 0.399 e. The molecule has 2 aromatic rings. The van der Waals surface area contributed by atoms with E-state index in [1.807, 2.05) is 20.9 Å². The normalized spacial score (nSPS) is 12.2. The van der Waals surface area contributed by atoms with Gasteiger partial charge in [-0.15, -0.1) is 0 Å². The second kappa shape index (κ2) is 5.14. The molecule has 1 aromatic heterocycles. The fourth-order valence-corrected chi connectivity index (χ4v) is 1.93. The molecule has 5 heteroatoms. The summed E-state index contributed by atoms with van der Waals surface area (Å²) < 4.78 is 1.79. The number of carbonyl (C=O) groups excluding carboxylic acids is 1. The Labute approximate surface area is 112 Å². The van der Waals surface area contributed by atoms with Gasteiger partial charge in [0, 0.05) is 29.6 Å². The third-order valence-electron chi connectivity index (χ3n) is 3.26. The number of nitrogens with two attached hydrogens (primary N) is 1. The van der Waals surface area contributed by atoms with E-state index in [2.05, 4.69) is 10.4 Å². The minimum atomic E-state index is -0.115. The summed E-state index contributed by atoms with van der Waals surface area (Å²) in [5.41, 5.74) is 8.91. The monoisotopic (exact) mass is 258 g/mol. The van der Waals surface area contributed by atoms with Crippen molar-refractivity contribution in [3.63, 3.8) is 0 Å². The molecule has 0 saturated carbocycles. The average molecular weight is 258 g/mol. The highest BCUT2D eigenvalue weighted by Gasteiger charge is 2.15. The first-order valence-corrected chi connectivity index (χ1v) is 6.14. The number of rotatable bonds is 3. The summed E-state index contributed by atoms with van der Waals surface area (Å²) in [6, 6.07) is 6.78. The molecule has 1 heterocycles. The lowest BCUT2D eigenvalue weighted by Gasteiger charge is -2.13. The van der Waals surface area contributed by atoms with E-state index in [-0.39, 0.29) is 11.9 Å². The molecule has 0 saturated heterocycles. The average Bonchev–Trinajstić information content (AvgIpc) is 2.70. The van der Waals surface area contributed by atoms with E-state index in [1.165, 1.54) is 0 Å². The topological polar surface area (TPSA) is 72.9 Å². The number of benzene rings is 1. The van der Waals surface area contributed by atoms with Crippen LogP contribution in [0.15, 0.2) is 30.5 Å². The molecule has 19 heavy (non-hydrogen) atoms. The van der Waals surface area contributed by atoms with Gasteiger partial charge >= 0.3 is 0 Å². The van der Waals surface area contributed by atoms with Crippen molar-refractivity contribution in [3.05, 3.63) is 47.3 Å². The molecule has 0 bridgehead atoms. The van der Waals surface area contributed by atoms with Gasteiger partial charge in [-0.25, -0.2) is 0 Å². The summed E-state index contributed by atoms with van der Waals surface area (Å²) >= 11 is 0. The molecule has 0 aliphatic rings. The molecule has 0 fully saturated rings. The van der Waals surface area contributed by atoms with Crippen LogP contribution in [0.25, 0.3) is 0 Å². The van der Waals surface area contributed by atoms with Crippen LogP contribution in [0.5, 0.6) is 0 Å². The number of nitrogens with zero attached hydrogens (tertiary/aromatic N) is 2. The van der Waals surface area contributed by atoms with Gasteiger partial charge in [-0.2, -0.15) is 5.10 Å². The lowest BCUT2D eigenvalue weighted by atomic mass is 10.1. The van der Waals surface area contributed by atoms with E-state index in [0.29, 0.717) is 11.3 Å². The van der Waals surface area contributed by atoms with Crippen molar-refractivity contribution >= 4 is 11.6 Å². The third-order valence-corrected chi connectivity index (χ3v) is 3.26. The van der Waals surface area contributed by atoms with Crippen molar-refractivity contribution in [1.82, 2.24) is 15.1 Å². The van der Waals surface area contributed by atoms with E-state index >= 15 is 0 Å². The van der Waals surface area contributed by atoms with Crippen LogP contribution < -0.4 is 11.1 Å². The number of nitrogens with one attached hydrogen (secondary N) is 1. The molecular formula is C14H18N4O. The maximum absolute atomic E-state index is 12.1. The van der Waals surface area contributed by atoms with Crippen LogP contribution in [0.1, 0.15) is 34.6 Å². The van der Waals surface area contributed by atoms with Crippen LogP contribution in [0.4, 0.5) is 5.69 Å². The maximum Gasteiger partial charge on any atom is 0.251 e. The van der Waals surface area contributed by atoms with Crippen LogP contribution in [0.3, 0.4) is 0 Å². The van der Waals surface area contributed by atoms with Gasteiger partial charge in [-0.1, -0.05) is 0 Å². The SMILES string of the molecule is Cc1c(C(C)NC(=O)c2ccc(N)cc2)cnn1C. The molecule has 3 N–H and O–H groups in total. The highest BCUT2D eigenvalue weighted by molar-refractivity contribution is 5.94. The van der Waals surface area contributed by atoms with E-state index in [1.54, 1.807) is 35.1 Å². The van der Waals surface area contributed by atoms with Gasteiger partial charge in [0.05, 0.1) is 12.2 Å². The number of amides is 1. The summed E-state index contributed by atoms with van der Waals surface area (Å²) in [6.07, 6.45) is 1.78. The molecule has 5 nitrogen and oxygen atoms in total. The Morgan fingerprint density at radius 2 is 2.00 bits per heavy atom. The zero-order valence-corrected chi connectivity index (χ0v) is 11.3. The number of nitrogen functional groups attached to an aromatic ring is 1. The smallest absolute Gasteiger partial charge is 0.251 e. The van der Waals surface area contributed by atoms with Gasteiger partial charge in [0.25, 0.3) is 5.91 Å². The van der Waals surface area contributed by atoms with Gasteiger partial charge < -0.3 is 11.1 Å². The Kier molecular flexibility index (Phi) is 3.55. The second-order valence-corrected chi connectivity index (χ2v) is 4.63. The second-order valence-electron chi connectivity index (χ2n) is 4.63.